The van der Waals surface area contributed by atoms with Crippen molar-refractivity contribution in [3.8, 4) is 0 Å². The van der Waals surface area contributed by atoms with E-state index in [2.05, 4.69) is 69.0 Å². The molecule has 6 N–H and O–H groups in total. The van der Waals surface area contributed by atoms with Crippen LogP contribution in [0.2, 0.25) is 0 Å². The highest BCUT2D eigenvalue weighted by molar-refractivity contribution is 7.99. The minimum absolute atomic E-state index is 0.185. The predicted octanol–water partition coefficient (Wildman–Crippen LogP) is 12.6. The van der Waals surface area contributed by atoms with E-state index in [4.69, 9.17) is 44.6 Å². The molecule has 0 atom stereocenters. The summed E-state index contributed by atoms with van der Waals surface area (Å²) in [5, 5.41) is 32.3. The van der Waals surface area contributed by atoms with Crippen molar-refractivity contribution < 1.29 is 54.6 Å². The smallest absolute Gasteiger partial charge is 0.294 e. The zero-order chi connectivity index (χ0) is 70.4. The first-order valence-electron chi connectivity index (χ1n) is 32.0. The molecule has 3 aromatic heterocycles. The van der Waals surface area contributed by atoms with E-state index in [-0.39, 0.29) is 59.7 Å². The van der Waals surface area contributed by atoms with Crippen molar-refractivity contribution in [2.75, 3.05) is 120 Å². The van der Waals surface area contributed by atoms with Crippen LogP contribution >= 0.6 is 34.4 Å². The van der Waals surface area contributed by atoms with Gasteiger partial charge in [-0.1, -0.05) is 53.7 Å². The summed E-state index contributed by atoms with van der Waals surface area (Å²) in [6, 6.07) is 21.1. The number of benzene rings is 4. The molecule has 0 bridgehead atoms. The Hall–Kier alpha value is -9.00. The maximum absolute atomic E-state index is 13.8. The molecule has 2 saturated heterocycles. The van der Waals surface area contributed by atoms with Crippen LogP contribution in [0.5, 0.6) is 0 Å². The van der Waals surface area contributed by atoms with Crippen LogP contribution in [0.3, 0.4) is 0 Å². The predicted molar refractivity (Wildman–Crippen MR) is 385 cm³/mol. The highest BCUT2D eigenvalue weighted by Crippen LogP contribution is 2.42. The number of carbonyl (C=O) groups excluding carboxylic acids is 4. The summed E-state index contributed by atoms with van der Waals surface area (Å²) in [6.07, 6.45) is 8.15. The molecular weight excluding hydrogens is 1370 g/mol. The third-order valence-corrected chi connectivity index (χ3v) is 20.8. The van der Waals surface area contributed by atoms with E-state index in [9.17, 15) is 45.1 Å². The number of hydrogen-bond acceptors (Lipinski definition) is 28. The number of azo groups is 2. The second-order valence-corrected chi connectivity index (χ2v) is 28.9. The number of anilines is 10. The number of nitrogens with zero attached hydrogens (tertiary/aromatic N) is 13. The Morgan fingerprint density at radius 2 is 0.960 bits per heavy atom. The molecule has 0 spiro atoms. The molecule has 7 aromatic rings. The van der Waals surface area contributed by atoms with Crippen LogP contribution in [0.1, 0.15) is 83.4 Å². The molecule has 5 heterocycles. The normalized spacial score (nSPS) is 15.2. The van der Waals surface area contributed by atoms with Gasteiger partial charge in [0.1, 0.15) is 23.0 Å². The number of amides is 2. The molecule has 34 heteroatoms. The third kappa shape index (κ3) is 19.3. The summed E-state index contributed by atoms with van der Waals surface area (Å²) >= 11 is 3.80. The van der Waals surface area contributed by atoms with Gasteiger partial charge < -0.3 is 50.3 Å². The second-order valence-electron chi connectivity index (χ2n) is 22.7. The van der Waals surface area contributed by atoms with Crippen LogP contribution in [0.15, 0.2) is 131 Å². The summed E-state index contributed by atoms with van der Waals surface area (Å²) in [7, 11) is -8.98. The van der Waals surface area contributed by atoms with Gasteiger partial charge in [0.2, 0.25) is 22.2 Å². The zero-order valence-corrected chi connectivity index (χ0v) is 59.3. The lowest BCUT2D eigenvalue weighted by Crippen LogP contribution is -2.36. The first kappa shape index (κ1) is 72.7. The van der Waals surface area contributed by atoms with E-state index >= 15 is 0 Å². The van der Waals surface area contributed by atoms with Gasteiger partial charge in [0, 0.05) is 80.4 Å². The molecule has 99 heavy (non-hydrogen) atoms. The van der Waals surface area contributed by atoms with Crippen molar-refractivity contribution in [1.29, 1.82) is 0 Å². The number of hydrogen-bond donors (Lipinski definition) is 6. The molecule has 3 fully saturated rings. The minimum Gasteiger partial charge on any atom is -0.378 e. The fourth-order valence-electron chi connectivity index (χ4n) is 10.9. The topological polar surface area (TPSA) is 370 Å². The summed E-state index contributed by atoms with van der Waals surface area (Å²) < 4.78 is 77.0. The Morgan fingerprint density at radius 1 is 0.566 bits per heavy atom. The van der Waals surface area contributed by atoms with Gasteiger partial charge in [-0.15, -0.1) is 20.5 Å². The second kappa shape index (κ2) is 33.2. The van der Waals surface area contributed by atoms with Crippen LogP contribution in [0.4, 0.5) is 79.3 Å². The Bertz CT molecular complexity index is 4180. The average molecular weight is 1450 g/mol. The SMILES string of the molecule is CCN(CC)c1ccc(N=Nc2nc(N3CCOCC3)c(/C=C(/C(C)=O)C(=O)Nc3ccc(S(=O)(=O)O)cc3)s2)c(Nc2nc(Nc3cc(N(CC)CC)ccc3N=Nc3nc(N4CCOCC4)c(/C=C(\C(C)=O)C(=O)Nc4ccc(S(=O)(=O)O)cc4)s3)nc(SC3CCCCC3)n2)c1. The number of thioether (sulfide) groups is 1. The molecule has 2 aliphatic heterocycles. The zero-order valence-electron chi connectivity index (χ0n) is 55.2. The number of ether oxygens (including phenoxy) is 2. The molecule has 10 rings (SSSR count). The van der Waals surface area contributed by atoms with Crippen LogP contribution in [0.25, 0.3) is 12.2 Å². The molecule has 1 saturated carbocycles. The van der Waals surface area contributed by atoms with Gasteiger partial charge in [-0.3, -0.25) is 28.3 Å². The highest BCUT2D eigenvalue weighted by atomic mass is 32.2. The van der Waals surface area contributed by atoms with Crippen LogP contribution in [0, 0.1) is 0 Å². The van der Waals surface area contributed by atoms with Crippen molar-refractivity contribution in [2.45, 2.75) is 93.8 Å². The molecule has 4 aromatic carbocycles. The highest BCUT2D eigenvalue weighted by Gasteiger charge is 2.27. The van der Waals surface area contributed by atoms with E-state index in [1.807, 2.05) is 46.2 Å². The Morgan fingerprint density at radius 3 is 1.32 bits per heavy atom. The van der Waals surface area contributed by atoms with E-state index in [0.29, 0.717) is 128 Å². The maximum Gasteiger partial charge on any atom is 0.294 e. The minimum atomic E-state index is -4.49. The number of morpholine rings is 2. The Labute approximate surface area is 585 Å². The molecule has 0 unspecified atom stereocenters. The van der Waals surface area contributed by atoms with Gasteiger partial charge in [-0.25, -0.2) is 0 Å². The summed E-state index contributed by atoms with van der Waals surface area (Å²) in [5.41, 5.74) is 3.49. The fraction of sp³-hybridized carbons (Fsp3) is 0.369. The van der Waals surface area contributed by atoms with Gasteiger partial charge in [0.05, 0.1) is 68.5 Å². The van der Waals surface area contributed by atoms with Crippen molar-refractivity contribution in [3.63, 3.8) is 0 Å². The average Bonchev–Trinajstić information content (AvgIpc) is 1.81. The van der Waals surface area contributed by atoms with E-state index < -0.39 is 43.6 Å². The molecule has 522 valence electrons. The first-order chi connectivity index (χ1) is 47.5. The first-order valence-corrected chi connectivity index (χ1v) is 37.4. The van der Waals surface area contributed by atoms with Crippen molar-refractivity contribution in [2.24, 2.45) is 20.5 Å². The van der Waals surface area contributed by atoms with E-state index in [1.165, 1.54) is 50.3 Å². The number of thiazole rings is 2. The Kier molecular flexibility index (Phi) is 24.4. The van der Waals surface area contributed by atoms with Gasteiger partial charge in [0.15, 0.2) is 16.7 Å². The van der Waals surface area contributed by atoms with Crippen molar-refractivity contribution in [1.82, 2.24) is 24.9 Å². The lowest BCUT2D eigenvalue weighted by molar-refractivity contribution is -0.120. The van der Waals surface area contributed by atoms with Crippen LogP contribution < -0.4 is 40.9 Å². The van der Waals surface area contributed by atoms with Crippen LogP contribution in [-0.4, -0.2) is 158 Å². The molecule has 2 amide bonds. The molecular formula is C65H75N17O12S5. The largest absolute Gasteiger partial charge is 0.378 e. The van der Waals surface area contributed by atoms with E-state index in [0.717, 1.165) is 90.4 Å². The lowest BCUT2D eigenvalue weighted by Gasteiger charge is -2.27. The van der Waals surface area contributed by atoms with E-state index in [1.54, 1.807) is 11.8 Å². The summed E-state index contributed by atoms with van der Waals surface area (Å²) in [6.45, 7) is 17.0. The number of rotatable bonds is 28. The van der Waals surface area contributed by atoms with Gasteiger partial charge in [0.25, 0.3) is 32.1 Å². The van der Waals surface area contributed by atoms with Crippen LogP contribution in [-0.2, 0) is 48.9 Å². The number of nitrogens with one attached hydrogen (secondary N) is 4. The van der Waals surface area contributed by atoms with Crippen molar-refractivity contribution >= 4 is 169 Å². The number of Topliss-reactive ketones (excluding diaryl/α,β-unsaturated/α-hetero) is 2. The van der Waals surface area contributed by atoms with Crippen molar-refractivity contribution in [3.05, 3.63) is 106 Å². The lowest BCUT2D eigenvalue weighted by atomic mass is 10.0. The molecule has 3 aliphatic rings. The standard InChI is InChI=1S/C65H75N17O12S5/c1-7-79(8-2)44-20-26-51(75-77-64-70-57(81-28-32-93-33-29-81)55(96-64)38-49(40(5)83)59(85)66-42-16-22-47(23-17-42)98(87,88)89)53(36-44)68-61-72-62(74-63(73-61)95-46-14-12-11-13-15-46)69-54-37-45(80(9-3)10-4)21-27-52(54)76-78-65-71-58(82-30-34-94-35-31-82)56(97-65)39-50(41(6)84)60(86)67-43-18-24-48(25-19-43)99(90,91)92/h16-27,36-39,46H,7-15,28-35H2,1-6H3,(H,66,85)(H,67,86)(H,87,88,89)(H,90,91,92)(H2,68,69,72,73,74)/b49-38-,50-39+,77-75?,78-76?. The summed E-state index contributed by atoms with van der Waals surface area (Å²) in [4.78, 5) is 87.3. The number of ketones is 2. The maximum atomic E-state index is 13.8. The molecule has 0 radical (unpaired) electrons. The van der Waals surface area contributed by atoms with Gasteiger partial charge in [-0.05, 0) is 151 Å². The number of aromatic nitrogens is 5. The van der Waals surface area contributed by atoms with Gasteiger partial charge >= 0.3 is 0 Å². The molecule has 1 aliphatic carbocycles. The Balaban J connectivity index is 0.997. The number of carbonyl (C=O) groups is 4. The fourth-order valence-corrected chi connectivity index (χ4v) is 14.7. The quantitative estimate of drug-likeness (QED) is 0.00872. The third-order valence-electron chi connectivity index (χ3n) is 16.1. The monoisotopic (exact) mass is 1450 g/mol. The summed E-state index contributed by atoms with van der Waals surface area (Å²) in [5.74, 6) is -1.32. The molecule has 29 nitrogen and oxygen atoms in total. The van der Waals surface area contributed by atoms with Gasteiger partial charge in [-0.2, -0.15) is 41.8 Å².